The van der Waals surface area contributed by atoms with Crippen LogP contribution in [0.3, 0.4) is 0 Å². The second-order valence-electron chi connectivity index (χ2n) is 3.58. The van der Waals surface area contributed by atoms with Crippen LogP contribution >= 0.6 is 0 Å². The summed E-state index contributed by atoms with van der Waals surface area (Å²) in [5.41, 5.74) is -2.20. The highest BCUT2D eigenvalue weighted by Crippen LogP contribution is 2.38. The standard InChI is InChI=1S/C11H12F2N2O5/c1-3-20-8(16)4-6-10(15(17)18)9(11(12)13)7(19-2)5-14-6/h5,11H,3-4H2,1-2H3. The lowest BCUT2D eigenvalue weighted by molar-refractivity contribution is -0.387. The molecule has 0 amide bonds. The van der Waals surface area contributed by atoms with Gasteiger partial charge in [-0.05, 0) is 6.92 Å². The average molecular weight is 290 g/mol. The summed E-state index contributed by atoms with van der Waals surface area (Å²) in [4.78, 5) is 24.9. The first-order valence-corrected chi connectivity index (χ1v) is 5.56. The molecule has 0 aliphatic rings. The Kier molecular flexibility index (Phi) is 5.30. The Labute approximate surface area is 112 Å². The molecule has 0 unspecified atom stereocenters. The van der Waals surface area contributed by atoms with Crippen LogP contribution in [-0.2, 0) is 16.0 Å². The minimum absolute atomic E-state index is 0.0739. The third kappa shape index (κ3) is 3.37. The Bertz CT molecular complexity index is 522. The second kappa shape index (κ2) is 6.73. The number of ether oxygens (including phenoxy) is 2. The molecule has 0 saturated carbocycles. The molecule has 1 aromatic heterocycles. The summed E-state index contributed by atoms with van der Waals surface area (Å²) in [6, 6.07) is 0. The SMILES string of the molecule is CCOC(=O)Cc1ncc(OC)c(C(F)F)c1[N+](=O)[O-]. The van der Waals surface area contributed by atoms with E-state index in [1.807, 2.05) is 0 Å². The van der Waals surface area contributed by atoms with Crippen molar-refractivity contribution < 1.29 is 28.0 Å². The highest BCUT2D eigenvalue weighted by Gasteiger charge is 2.32. The van der Waals surface area contributed by atoms with Crippen LogP contribution in [-0.4, -0.2) is 29.6 Å². The van der Waals surface area contributed by atoms with E-state index in [1.165, 1.54) is 0 Å². The molecular weight excluding hydrogens is 278 g/mol. The average Bonchev–Trinajstić information content (AvgIpc) is 2.37. The number of carbonyl (C=O) groups excluding carboxylic acids is 1. The third-order valence-electron chi connectivity index (χ3n) is 2.37. The van der Waals surface area contributed by atoms with E-state index < -0.39 is 40.7 Å². The van der Waals surface area contributed by atoms with E-state index >= 15 is 0 Å². The predicted molar refractivity (Wildman–Crippen MR) is 62.7 cm³/mol. The summed E-state index contributed by atoms with van der Waals surface area (Å²) in [5, 5.41) is 11.0. The molecule has 0 aromatic carbocycles. The minimum Gasteiger partial charge on any atom is -0.494 e. The first-order valence-electron chi connectivity index (χ1n) is 5.56. The second-order valence-corrected chi connectivity index (χ2v) is 3.58. The molecule has 110 valence electrons. The molecule has 1 aromatic rings. The number of esters is 1. The molecular formula is C11H12F2N2O5. The number of nitrogens with zero attached hydrogens (tertiary/aromatic N) is 2. The molecule has 0 radical (unpaired) electrons. The van der Waals surface area contributed by atoms with Crippen molar-refractivity contribution in [1.29, 1.82) is 0 Å². The zero-order chi connectivity index (χ0) is 15.3. The van der Waals surface area contributed by atoms with Gasteiger partial charge in [0.05, 0.1) is 31.3 Å². The smallest absolute Gasteiger partial charge is 0.312 e. The predicted octanol–water partition coefficient (Wildman–Crippen LogP) is 2.04. The lowest BCUT2D eigenvalue weighted by Gasteiger charge is -2.10. The third-order valence-corrected chi connectivity index (χ3v) is 2.37. The van der Waals surface area contributed by atoms with Crippen molar-refractivity contribution in [3.63, 3.8) is 0 Å². The Balaban J connectivity index is 3.35. The van der Waals surface area contributed by atoms with Gasteiger partial charge in [0.25, 0.3) is 6.43 Å². The van der Waals surface area contributed by atoms with Gasteiger partial charge in [0.1, 0.15) is 11.3 Å². The fraction of sp³-hybridized carbons (Fsp3) is 0.455. The summed E-state index contributed by atoms with van der Waals surface area (Å²) in [5.74, 6) is -1.19. The highest BCUT2D eigenvalue weighted by atomic mass is 19.3. The van der Waals surface area contributed by atoms with Crippen LogP contribution in [0.5, 0.6) is 5.75 Å². The van der Waals surface area contributed by atoms with E-state index in [0.717, 1.165) is 13.3 Å². The quantitative estimate of drug-likeness (QED) is 0.452. The number of alkyl halides is 2. The van der Waals surface area contributed by atoms with Crippen LogP contribution in [0, 0.1) is 10.1 Å². The zero-order valence-electron chi connectivity index (χ0n) is 10.8. The van der Waals surface area contributed by atoms with Gasteiger partial charge < -0.3 is 9.47 Å². The van der Waals surface area contributed by atoms with E-state index in [-0.39, 0.29) is 12.3 Å². The highest BCUT2D eigenvalue weighted by molar-refractivity contribution is 5.74. The van der Waals surface area contributed by atoms with Crippen molar-refractivity contribution in [1.82, 2.24) is 4.98 Å². The molecule has 0 saturated heterocycles. The van der Waals surface area contributed by atoms with E-state index in [1.54, 1.807) is 6.92 Å². The van der Waals surface area contributed by atoms with Crippen molar-refractivity contribution >= 4 is 11.7 Å². The Morgan fingerprint density at radius 1 is 1.55 bits per heavy atom. The van der Waals surface area contributed by atoms with Gasteiger partial charge in [0.2, 0.25) is 0 Å². The van der Waals surface area contributed by atoms with Crippen molar-refractivity contribution in [2.24, 2.45) is 0 Å². The van der Waals surface area contributed by atoms with Gasteiger partial charge >= 0.3 is 11.7 Å². The maximum absolute atomic E-state index is 13.0. The number of pyridine rings is 1. The molecule has 9 heteroatoms. The van der Waals surface area contributed by atoms with Gasteiger partial charge in [-0.2, -0.15) is 0 Å². The van der Waals surface area contributed by atoms with Crippen LogP contribution in [0.2, 0.25) is 0 Å². The van der Waals surface area contributed by atoms with Gasteiger partial charge in [0.15, 0.2) is 5.75 Å². The zero-order valence-corrected chi connectivity index (χ0v) is 10.8. The Morgan fingerprint density at radius 2 is 2.20 bits per heavy atom. The molecule has 0 bridgehead atoms. The van der Waals surface area contributed by atoms with Crippen molar-refractivity contribution in [2.45, 2.75) is 19.8 Å². The number of carbonyl (C=O) groups is 1. The monoisotopic (exact) mass is 290 g/mol. The normalized spacial score (nSPS) is 10.4. The van der Waals surface area contributed by atoms with E-state index in [2.05, 4.69) is 14.5 Å². The van der Waals surface area contributed by atoms with Crippen LogP contribution in [0.25, 0.3) is 0 Å². The molecule has 0 atom stereocenters. The lowest BCUT2D eigenvalue weighted by Crippen LogP contribution is -2.12. The minimum atomic E-state index is -3.13. The Hall–Kier alpha value is -2.32. The van der Waals surface area contributed by atoms with Crippen molar-refractivity contribution in [3.05, 3.63) is 27.6 Å². The molecule has 1 heterocycles. The first kappa shape index (κ1) is 15.7. The number of nitro groups is 1. The summed E-state index contributed by atoms with van der Waals surface area (Å²) >= 11 is 0. The number of hydrogen-bond acceptors (Lipinski definition) is 6. The first-order chi connectivity index (χ1) is 9.42. The molecule has 0 aliphatic heterocycles. The van der Waals surface area contributed by atoms with Crippen LogP contribution in [0.1, 0.15) is 24.6 Å². The number of rotatable bonds is 6. The van der Waals surface area contributed by atoms with E-state index in [4.69, 9.17) is 0 Å². The van der Waals surface area contributed by atoms with E-state index in [0.29, 0.717) is 0 Å². The number of methoxy groups -OCH3 is 1. The van der Waals surface area contributed by atoms with Crippen LogP contribution in [0.4, 0.5) is 14.5 Å². The number of hydrogen-bond donors (Lipinski definition) is 0. The van der Waals surface area contributed by atoms with E-state index in [9.17, 15) is 23.7 Å². The summed E-state index contributed by atoms with van der Waals surface area (Å²) in [6.45, 7) is 1.63. The van der Waals surface area contributed by atoms with Crippen LogP contribution < -0.4 is 4.74 Å². The molecule has 0 fully saturated rings. The molecule has 20 heavy (non-hydrogen) atoms. The maximum Gasteiger partial charge on any atom is 0.312 e. The van der Waals surface area contributed by atoms with Crippen molar-refractivity contribution in [2.75, 3.05) is 13.7 Å². The van der Waals surface area contributed by atoms with Gasteiger partial charge in [-0.25, -0.2) is 13.8 Å². The fourth-order valence-electron chi connectivity index (χ4n) is 1.59. The molecule has 0 aliphatic carbocycles. The van der Waals surface area contributed by atoms with Gasteiger partial charge in [-0.15, -0.1) is 0 Å². The van der Waals surface area contributed by atoms with Gasteiger partial charge in [-0.1, -0.05) is 0 Å². The van der Waals surface area contributed by atoms with Crippen molar-refractivity contribution in [3.8, 4) is 5.75 Å². The van der Waals surface area contributed by atoms with Crippen LogP contribution in [0.15, 0.2) is 6.20 Å². The summed E-state index contributed by atoms with van der Waals surface area (Å²) < 4.78 is 35.2. The maximum atomic E-state index is 13.0. The molecule has 0 spiro atoms. The van der Waals surface area contributed by atoms with Gasteiger partial charge in [0, 0.05) is 0 Å². The summed E-state index contributed by atoms with van der Waals surface area (Å²) in [6.07, 6.45) is -2.77. The number of aromatic nitrogens is 1. The largest absolute Gasteiger partial charge is 0.494 e. The Morgan fingerprint density at radius 3 is 2.65 bits per heavy atom. The lowest BCUT2D eigenvalue weighted by atomic mass is 10.1. The number of halogens is 2. The molecule has 1 rings (SSSR count). The van der Waals surface area contributed by atoms with Gasteiger partial charge in [-0.3, -0.25) is 14.9 Å². The topological polar surface area (TPSA) is 91.6 Å². The molecule has 7 nitrogen and oxygen atoms in total. The summed E-state index contributed by atoms with van der Waals surface area (Å²) in [7, 11) is 1.09. The molecule has 0 N–H and O–H groups in total. The fourth-order valence-corrected chi connectivity index (χ4v) is 1.59.